The first-order valence-electron chi connectivity index (χ1n) is 8.11. The Kier molecular flexibility index (Phi) is 6.71. The van der Waals surface area contributed by atoms with Crippen LogP contribution < -0.4 is 15.4 Å². The van der Waals surface area contributed by atoms with Crippen molar-refractivity contribution in [2.24, 2.45) is 0 Å². The van der Waals surface area contributed by atoms with Gasteiger partial charge in [-0.1, -0.05) is 0 Å². The van der Waals surface area contributed by atoms with E-state index in [1.54, 1.807) is 0 Å². The van der Waals surface area contributed by atoms with Gasteiger partial charge < -0.3 is 15.4 Å². The quantitative estimate of drug-likeness (QED) is 0.728. The van der Waals surface area contributed by atoms with Crippen LogP contribution >= 0.6 is 0 Å². The third-order valence-corrected chi connectivity index (χ3v) is 5.48. The summed E-state index contributed by atoms with van der Waals surface area (Å²) in [5.41, 5.74) is 0.537. The number of methoxy groups -OCH3 is 1. The lowest BCUT2D eigenvalue weighted by Crippen LogP contribution is -2.35. The van der Waals surface area contributed by atoms with Gasteiger partial charge in [-0.3, -0.25) is 9.59 Å². The van der Waals surface area contributed by atoms with E-state index in [4.69, 9.17) is 4.74 Å². The van der Waals surface area contributed by atoms with Crippen molar-refractivity contribution in [2.45, 2.75) is 11.8 Å². The van der Waals surface area contributed by atoms with E-state index in [0.29, 0.717) is 11.4 Å². The van der Waals surface area contributed by atoms with E-state index < -0.39 is 28.3 Å². The Morgan fingerprint density at radius 2 is 1.75 bits per heavy atom. The van der Waals surface area contributed by atoms with E-state index in [-0.39, 0.29) is 16.5 Å². The summed E-state index contributed by atoms with van der Waals surface area (Å²) in [6.45, 7) is 0.827. The largest absolute Gasteiger partial charge is 0.495 e. The number of nitrogens with one attached hydrogen (secondary N) is 2. The van der Waals surface area contributed by atoms with Gasteiger partial charge in [0.05, 0.1) is 24.2 Å². The fraction of sp³-hybridized carbons (Fsp3) is 0.222. The molecule has 0 aromatic heterocycles. The molecule has 0 heterocycles. The van der Waals surface area contributed by atoms with Crippen LogP contribution in [-0.2, 0) is 19.6 Å². The maximum absolute atomic E-state index is 12.9. The van der Waals surface area contributed by atoms with Crippen LogP contribution in [-0.4, -0.2) is 45.2 Å². The molecule has 0 aliphatic carbocycles. The first-order chi connectivity index (χ1) is 13.1. The Hall–Kier alpha value is -2.98. The number of ether oxygens (including phenoxy) is 1. The lowest BCUT2D eigenvalue weighted by molar-refractivity contribution is -0.116. The zero-order valence-electron chi connectivity index (χ0n) is 15.5. The number of nitrogens with zero attached hydrogens (tertiary/aromatic N) is 1. The third-order valence-electron chi connectivity index (χ3n) is 3.68. The average molecular weight is 409 g/mol. The number of sulfonamides is 1. The number of benzene rings is 2. The lowest BCUT2D eigenvalue weighted by atomic mass is 10.3. The van der Waals surface area contributed by atoms with Crippen LogP contribution in [0.15, 0.2) is 47.4 Å². The number of hydrogen-bond acceptors (Lipinski definition) is 5. The van der Waals surface area contributed by atoms with Crippen LogP contribution in [0, 0.1) is 5.82 Å². The number of hydrogen-bond donors (Lipinski definition) is 2. The van der Waals surface area contributed by atoms with Crippen molar-refractivity contribution in [1.29, 1.82) is 0 Å². The summed E-state index contributed by atoms with van der Waals surface area (Å²) >= 11 is 0. The molecule has 2 aromatic rings. The Bertz CT molecular complexity index is 977. The predicted octanol–water partition coefficient (Wildman–Crippen LogP) is 2.05. The highest BCUT2D eigenvalue weighted by Gasteiger charge is 2.24. The molecule has 0 unspecified atom stereocenters. The number of rotatable bonds is 7. The Morgan fingerprint density at radius 1 is 1.11 bits per heavy atom. The minimum atomic E-state index is -4.01. The monoisotopic (exact) mass is 409 g/mol. The van der Waals surface area contributed by atoms with E-state index in [9.17, 15) is 22.4 Å². The molecule has 150 valence electrons. The van der Waals surface area contributed by atoms with Crippen molar-refractivity contribution in [3.8, 4) is 5.75 Å². The van der Waals surface area contributed by atoms with Gasteiger partial charge in [0, 0.05) is 19.7 Å². The van der Waals surface area contributed by atoms with Crippen LogP contribution in [0.4, 0.5) is 15.8 Å². The normalized spacial score (nSPS) is 11.2. The van der Waals surface area contributed by atoms with E-state index in [1.165, 1.54) is 63.5 Å². The number of halogens is 1. The van der Waals surface area contributed by atoms with Gasteiger partial charge in [0.15, 0.2) is 0 Å². The predicted molar refractivity (Wildman–Crippen MR) is 102 cm³/mol. The second kappa shape index (κ2) is 8.81. The molecule has 0 spiro atoms. The van der Waals surface area contributed by atoms with E-state index in [2.05, 4.69) is 10.6 Å². The fourth-order valence-corrected chi connectivity index (χ4v) is 3.49. The minimum absolute atomic E-state index is 0.117. The molecule has 0 bridgehead atoms. The summed E-state index contributed by atoms with van der Waals surface area (Å²) < 4.78 is 44.4. The molecule has 0 saturated carbocycles. The Morgan fingerprint density at radius 3 is 2.32 bits per heavy atom. The van der Waals surface area contributed by atoms with Gasteiger partial charge >= 0.3 is 0 Å². The summed E-state index contributed by atoms with van der Waals surface area (Å²) in [6.07, 6.45) is 0. The molecule has 8 nitrogen and oxygen atoms in total. The zero-order chi connectivity index (χ0) is 20.9. The number of likely N-dealkylation sites (N-methyl/N-ethyl adjacent to an activating group) is 1. The van der Waals surface area contributed by atoms with Gasteiger partial charge in [0.1, 0.15) is 11.6 Å². The standard InChI is InChI=1S/C18H20FN3O5S/c1-12(23)20-16-10-15(8-9-17(16)27-3)28(25,26)22(2)11-18(24)21-14-6-4-13(19)5-7-14/h4-10H,11H2,1-3H3,(H,20,23)(H,21,24). The number of carbonyl (C=O) groups is 2. The van der Waals surface area contributed by atoms with Gasteiger partial charge in [-0.15, -0.1) is 0 Å². The summed E-state index contributed by atoms with van der Waals surface area (Å²) in [4.78, 5) is 23.3. The fourth-order valence-electron chi connectivity index (χ4n) is 2.34. The number of anilines is 2. The molecule has 0 fully saturated rings. The molecular weight excluding hydrogens is 389 g/mol. The third kappa shape index (κ3) is 5.27. The molecule has 28 heavy (non-hydrogen) atoms. The number of amides is 2. The van der Waals surface area contributed by atoms with E-state index in [1.807, 2.05) is 0 Å². The minimum Gasteiger partial charge on any atom is -0.495 e. The smallest absolute Gasteiger partial charge is 0.243 e. The van der Waals surface area contributed by atoms with Crippen LogP contribution in [0.5, 0.6) is 5.75 Å². The second-order valence-electron chi connectivity index (χ2n) is 5.86. The van der Waals surface area contributed by atoms with Crippen molar-refractivity contribution in [2.75, 3.05) is 31.3 Å². The van der Waals surface area contributed by atoms with Crippen molar-refractivity contribution < 1.29 is 27.1 Å². The zero-order valence-corrected chi connectivity index (χ0v) is 16.3. The Labute approximate surface area is 162 Å². The molecule has 0 aliphatic heterocycles. The maximum Gasteiger partial charge on any atom is 0.243 e. The Balaban J connectivity index is 2.17. The van der Waals surface area contributed by atoms with Crippen LogP contribution in [0.25, 0.3) is 0 Å². The van der Waals surface area contributed by atoms with E-state index >= 15 is 0 Å². The highest BCUT2D eigenvalue weighted by molar-refractivity contribution is 7.89. The summed E-state index contributed by atoms with van der Waals surface area (Å²) in [6, 6.07) is 9.06. The van der Waals surface area contributed by atoms with Gasteiger partial charge in [-0.2, -0.15) is 4.31 Å². The van der Waals surface area contributed by atoms with Crippen molar-refractivity contribution in [3.05, 3.63) is 48.3 Å². The number of carbonyl (C=O) groups excluding carboxylic acids is 2. The summed E-state index contributed by atoms with van der Waals surface area (Å²) in [7, 11) is -1.37. The first kappa shape index (κ1) is 21.3. The maximum atomic E-state index is 12.9. The van der Waals surface area contributed by atoms with Gasteiger partial charge in [0.2, 0.25) is 21.8 Å². The molecule has 0 saturated heterocycles. The topological polar surface area (TPSA) is 105 Å². The summed E-state index contributed by atoms with van der Waals surface area (Å²) in [5, 5.41) is 4.99. The first-order valence-corrected chi connectivity index (χ1v) is 9.55. The molecule has 0 atom stereocenters. The van der Waals surface area contributed by atoms with Crippen LogP contribution in [0.3, 0.4) is 0 Å². The highest BCUT2D eigenvalue weighted by atomic mass is 32.2. The molecule has 0 radical (unpaired) electrons. The van der Waals surface area contributed by atoms with Crippen LogP contribution in [0.1, 0.15) is 6.92 Å². The van der Waals surface area contributed by atoms with Gasteiger partial charge in [-0.05, 0) is 42.5 Å². The second-order valence-corrected chi connectivity index (χ2v) is 7.90. The lowest BCUT2D eigenvalue weighted by Gasteiger charge is -2.18. The molecule has 10 heteroatoms. The molecule has 2 rings (SSSR count). The van der Waals surface area contributed by atoms with Gasteiger partial charge in [0.25, 0.3) is 0 Å². The van der Waals surface area contributed by atoms with E-state index in [0.717, 1.165) is 4.31 Å². The SMILES string of the molecule is COc1ccc(S(=O)(=O)N(C)CC(=O)Nc2ccc(F)cc2)cc1NC(C)=O. The highest BCUT2D eigenvalue weighted by Crippen LogP contribution is 2.28. The average Bonchev–Trinajstić information content (AvgIpc) is 2.63. The van der Waals surface area contributed by atoms with Crippen molar-refractivity contribution >= 4 is 33.2 Å². The molecular formula is C18H20FN3O5S. The summed E-state index contributed by atoms with van der Waals surface area (Å²) in [5.74, 6) is -1.13. The molecule has 2 N–H and O–H groups in total. The van der Waals surface area contributed by atoms with Crippen molar-refractivity contribution in [1.82, 2.24) is 4.31 Å². The van der Waals surface area contributed by atoms with Crippen molar-refractivity contribution in [3.63, 3.8) is 0 Å². The molecule has 0 aliphatic rings. The molecule has 2 aromatic carbocycles. The van der Waals surface area contributed by atoms with Crippen LogP contribution in [0.2, 0.25) is 0 Å². The molecule has 2 amide bonds. The van der Waals surface area contributed by atoms with Gasteiger partial charge in [-0.25, -0.2) is 12.8 Å².